The highest BCUT2D eigenvalue weighted by molar-refractivity contribution is 7.99. The summed E-state index contributed by atoms with van der Waals surface area (Å²) in [6.07, 6.45) is 0.913. The van der Waals surface area contributed by atoms with Crippen LogP contribution < -0.4 is 10.6 Å². The Morgan fingerprint density at radius 2 is 2.12 bits per heavy atom. The summed E-state index contributed by atoms with van der Waals surface area (Å²) >= 11 is 8.13. The lowest BCUT2D eigenvalue weighted by Crippen LogP contribution is -2.33. The highest BCUT2D eigenvalue weighted by Gasteiger charge is 2.15. The van der Waals surface area contributed by atoms with Crippen molar-refractivity contribution in [3.63, 3.8) is 0 Å². The van der Waals surface area contributed by atoms with Gasteiger partial charge >= 0.3 is 0 Å². The third-order valence-corrected chi connectivity index (χ3v) is 4.12. The second kappa shape index (κ2) is 5.98. The Bertz CT molecular complexity index is 376. The summed E-state index contributed by atoms with van der Waals surface area (Å²) in [5.74, 6) is 2.40. The van der Waals surface area contributed by atoms with Crippen LogP contribution in [0.25, 0.3) is 0 Å². The van der Waals surface area contributed by atoms with Gasteiger partial charge in [-0.2, -0.15) is 11.8 Å². The molecule has 0 bridgehead atoms. The maximum atomic E-state index is 6.11. The van der Waals surface area contributed by atoms with Gasteiger partial charge in [0.05, 0.1) is 0 Å². The Kier molecular flexibility index (Phi) is 4.60. The summed E-state index contributed by atoms with van der Waals surface area (Å²) in [7, 11) is 0. The van der Waals surface area contributed by atoms with Crippen molar-refractivity contribution in [3.8, 4) is 0 Å². The number of anilines is 1. The summed E-state index contributed by atoms with van der Waals surface area (Å²) < 4.78 is 0. The molecule has 2 rings (SSSR count). The number of halogens is 1. The molecule has 1 aliphatic rings. The fraction of sp³-hybridized carbons (Fsp3) is 0.538. The van der Waals surface area contributed by atoms with Gasteiger partial charge < -0.3 is 10.6 Å². The molecule has 2 nitrogen and oxygen atoms in total. The third-order valence-electron chi connectivity index (χ3n) is 2.94. The maximum Gasteiger partial charge on any atom is 0.0426 e. The molecule has 0 aromatic heterocycles. The number of nitrogens with zero attached hydrogens (tertiary/aromatic N) is 1. The van der Waals surface area contributed by atoms with Crippen molar-refractivity contribution in [2.24, 2.45) is 5.73 Å². The Morgan fingerprint density at radius 1 is 1.41 bits per heavy atom. The van der Waals surface area contributed by atoms with E-state index in [1.165, 1.54) is 22.8 Å². The van der Waals surface area contributed by atoms with Crippen molar-refractivity contribution in [1.29, 1.82) is 0 Å². The fourth-order valence-electron chi connectivity index (χ4n) is 2.16. The van der Waals surface area contributed by atoms with E-state index in [0.29, 0.717) is 0 Å². The van der Waals surface area contributed by atoms with E-state index >= 15 is 0 Å². The van der Waals surface area contributed by atoms with Crippen LogP contribution in [0.5, 0.6) is 0 Å². The lowest BCUT2D eigenvalue weighted by molar-refractivity contribution is 0.731. The van der Waals surface area contributed by atoms with E-state index in [1.54, 1.807) is 0 Å². The first kappa shape index (κ1) is 13.1. The van der Waals surface area contributed by atoms with Crippen molar-refractivity contribution in [3.05, 3.63) is 28.8 Å². The second-order valence-corrected chi connectivity index (χ2v) is 6.22. The van der Waals surface area contributed by atoms with E-state index in [9.17, 15) is 0 Å². The van der Waals surface area contributed by atoms with Gasteiger partial charge in [-0.1, -0.05) is 17.7 Å². The molecular weight excluding hydrogens is 252 g/mol. The SMILES string of the molecule is CC(N)Cc1ccc(Cl)cc1N1CCSCC1. The second-order valence-electron chi connectivity index (χ2n) is 4.55. The first-order valence-electron chi connectivity index (χ1n) is 6.03. The molecular formula is C13H19ClN2S. The molecule has 1 unspecified atom stereocenters. The largest absolute Gasteiger partial charge is 0.370 e. The zero-order chi connectivity index (χ0) is 12.3. The van der Waals surface area contributed by atoms with E-state index in [4.69, 9.17) is 17.3 Å². The van der Waals surface area contributed by atoms with Crippen molar-refractivity contribution >= 4 is 29.1 Å². The molecule has 2 N–H and O–H groups in total. The quantitative estimate of drug-likeness (QED) is 0.916. The lowest BCUT2D eigenvalue weighted by atomic mass is 10.0. The predicted octanol–water partition coefficient (Wildman–Crippen LogP) is 2.78. The zero-order valence-corrected chi connectivity index (χ0v) is 11.7. The number of hydrogen-bond acceptors (Lipinski definition) is 3. The number of thioether (sulfide) groups is 1. The fourth-order valence-corrected chi connectivity index (χ4v) is 3.22. The topological polar surface area (TPSA) is 29.3 Å². The molecule has 94 valence electrons. The van der Waals surface area contributed by atoms with Crippen LogP contribution in [-0.2, 0) is 6.42 Å². The lowest BCUT2D eigenvalue weighted by Gasteiger charge is -2.31. The molecule has 0 saturated carbocycles. The van der Waals surface area contributed by atoms with Crippen molar-refractivity contribution in [1.82, 2.24) is 0 Å². The Labute approximate surface area is 113 Å². The molecule has 1 aromatic carbocycles. The Balaban J connectivity index is 2.25. The summed E-state index contributed by atoms with van der Waals surface area (Å²) in [4.78, 5) is 2.43. The van der Waals surface area contributed by atoms with Crippen LogP contribution in [0.2, 0.25) is 5.02 Å². The van der Waals surface area contributed by atoms with Crippen LogP contribution in [0.4, 0.5) is 5.69 Å². The first-order chi connectivity index (χ1) is 8.16. The van der Waals surface area contributed by atoms with Gasteiger partial charge in [0.25, 0.3) is 0 Å². The van der Waals surface area contributed by atoms with Gasteiger partial charge in [0.2, 0.25) is 0 Å². The number of nitrogens with two attached hydrogens (primary N) is 1. The molecule has 1 heterocycles. The summed E-state index contributed by atoms with van der Waals surface area (Å²) in [6, 6.07) is 6.34. The van der Waals surface area contributed by atoms with Gasteiger partial charge in [-0.3, -0.25) is 0 Å². The maximum absolute atomic E-state index is 6.11. The highest BCUT2D eigenvalue weighted by Crippen LogP contribution is 2.28. The number of benzene rings is 1. The van der Waals surface area contributed by atoms with E-state index in [1.807, 2.05) is 24.8 Å². The molecule has 1 saturated heterocycles. The molecule has 0 radical (unpaired) electrons. The van der Waals surface area contributed by atoms with Gasteiger partial charge in [-0.15, -0.1) is 0 Å². The molecule has 1 aliphatic heterocycles. The molecule has 0 aliphatic carbocycles. The molecule has 1 aromatic rings. The first-order valence-corrected chi connectivity index (χ1v) is 7.57. The standard InChI is InChI=1S/C13H19ClN2S/c1-10(15)8-11-2-3-12(14)9-13(11)16-4-6-17-7-5-16/h2-3,9-10H,4-8,15H2,1H3. The third kappa shape index (κ3) is 3.54. The number of rotatable bonds is 3. The minimum absolute atomic E-state index is 0.189. The van der Waals surface area contributed by atoms with E-state index in [2.05, 4.69) is 17.0 Å². The van der Waals surface area contributed by atoms with Crippen LogP contribution in [0.1, 0.15) is 12.5 Å². The molecule has 1 atom stereocenters. The van der Waals surface area contributed by atoms with E-state index in [-0.39, 0.29) is 6.04 Å². The average Bonchev–Trinajstić information content (AvgIpc) is 2.32. The van der Waals surface area contributed by atoms with E-state index < -0.39 is 0 Å². The smallest absolute Gasteiger partial charge is 0.0426 e. The predicted molar refractivity (Wildman–Crippen MR) is 78.3 cm³/mol. The molecule has 1 fully saturated rings. The summed E-state index contributed by atoms with van der Waals surface area (Å²) in [6.45, 7) is 4.26. The summed E-state index contributed by atoms with van der Waals surface area (Å²) in [5, 5.41) is 0.812. The average molecular weight is 271 g/mol. The molecule has 0 spiro atoms. The van der Waals surface area contributed by atoms with Gasteiger partial charge in [-0.05, 0) is 31.0 Å². The Hall–Kier alpha value is -0.380. The van der Waals surface area contributed by atoms with Gasteiger partial charge in [0, 0.05) is 41.3 Å². The van der Waals surface area contributed by atoms with Gasteiger partial charge in [0.15, 0.2) is 0 Å². The number of hydrogen-bond donors (Lipinski definition) is 1. The van der Waals surface area contributed by atoms with Crippen LogP contribution in [-0.4, -0.2) is 30.6 Å². The van der Waals surface area contributed by atoms with Crippen molar-refractivity contribution < 1.29 is 0 Å². The van der Waals surface area contributed by atoms with E-state index in [0.717, 1.165) is 24.5 Å². The van der Waals surface area contributed by atoms with Gasteiger partial charge in [-0.25, -0.2) is 0 Å². The van der Waals surface area contributed by atoms with Crippen LogP contribution >= 0.6 is 23.4 Å². The minimum Gasteiger partial charge on any atom is -0.370 e. The molecule has 4 heteroatoms. The molecule has 0 amide bonds. The Morgan fingerprint density at radius 3 is 2.76 bits per heavy atom. The van der Waals surface area contributed by atoms with Crippen molar-refractivity contribution in [2.45, 2.75) is 19.4 Å². The molecule has 17 heavy (non-hydrogen) atoms. The minimum atomic E-state index is 0.189. The van der Waals surface area contributed by atoms with Crippen LogP contribution in [0.3, 0.4) is 0 Å². The zero-order valence-electron chi connectivity index (χ0n) is 10.2. The summed E-state index contributed by atoms with van der Waals surface area (Å²) in [5.41, 5.74) is 8.49. The monoisotopic (exact) mass is 270 g/mol. The van der Waals surface area contributed by atoms with Crippen LogP contribution in [0.15, 0.2) is 18.2 Å². The highest BCUT2D eigenvalue weighted by atomic mass is 35.5. The normalized spacial score (nSPS) is 18.2. The van der Waals surface area contributed by atoms with Crippen molar-refractivity contribution in [2.75, 3.05) is 29.5 Å². The van der Waals surface area contributed by atoms with Gasteiger partial charge in [0.1, 0.15) is 0 Å². The van der Waals surface area contributed by atoms with Crippen LogP contribution in [0, 0.1) is 0 Å².